The van der Waals surface area contributed by atoms with E-state index in [1.807, 2.05) is 13.0 Å². The molecule has 0 heterocycles. The molecule has 1 N–H and O–H groups in total. The summed E-state index contributed by atoms with van der Waals surface area (Å²) in [6, 6.07) is 7.94. The molecular formula is C14H11BrClF2N. The van der Waals surface area contributed by atoms with Crippen LogP contribution in [0.3, 0.4) is 0 Å². The van der Waals surface area contributed by atoms with Gasteiger partial charge in [-0.05, 0) is 52.7 Å². The summed E-state index contributed by atoms with van der Waals surface area (Å²) in [5.41, 5.74) is 1.60. The normalized spacial score (nSPS) is 10.6. The largest absolute Gasteiger partial charge is 0.380 e. The zero-order chi connectivity index (χ0) is 14.0. The highest BCUT2D eigenvalue weighted by molar-refractivity contribution is 9.10. The Balaban J connectivity index is 2.24. The fourth-order valence-electron chi connectivity index (χ4n) is 1.71. The van der Waals surface area contributed by atoms with Gasteiger partial charge >= 0.3 is 0 Å². The van der Waals surface area contributed by atoms with Crippen molar-refractivity contribution in [1.29, 1.82) is 0 Å². The first-order chi connectivity index (χ1) is 9.00. The fourth-order valence-corrected chi connectivity index (χ4v) is 2.26. The molecule has 0 saturated heterocycles. The van der Waals surface area contributed by atoms with E-state index in [-0.39, 0.29) is 16.6 Å². The Morgan fingerprint density at radius 1 is 1.21 bits per heavy atom. The van der Waals surface area contributed by atoms with E-state index in [1.54, 1.807) is 12.1 Å². The lowest BCUT2D eigenvalue weighted by Crippen LogP contribution is -2.06. The molecule has 2 aromatic rings. The summed E-state index contributed by atoms with van der Waals surface area (Å²) >= 11 is 9.03. The third-order valence-electron chi connectivity index (χ3n) is 2.86. The molecule has 100 valence electrons. The summed E-state index contributed by atoms with van der Waals surface area (Å²) < 4.78 is 27.6. The van der Waals surface area contributed by atoms with Gasteiger partial charge in [-0.1, -0.05) is 17.7 Å². The van der Waals surface area contributed by atoms with Crippen molar-refractivity contribution >= 4 is 33.2 Å². The number of hydrogen-bond acceptors (Lipinski definition) is 1. The van der Waals surface area contributed by atoms with Gasteiger partial charge in [0.1, 0.15) is 11.6 Å². The van der Waals surface area contributed by atoms with Gasteiger partial charge in [-0.3, -0.25) is 0 Å². The summed E-state index contributed by atoms with van der Waals surface area (Å²) in [6.45, 7) is 1.90. The predicted molar refractivity (Wildman–Crippen MR) is 77.6 cm³/mol. The van der Waals surface area contributed by atoms with Crippen molar-refractivity contribution in [3.8, 4) is 0 Å². The van der Waals surface area contributed by atoms with E-state index in [0.29, 0.717) is 5.02 Å². The van der Waals surface area contributed by atoms with E-state index in [0.717, 1.165) is 11.3 Å². The molecule has 19 heavy (non-hydrogen) atoms. The Morgan fingerprint density at radius 2 is 1.95 bits per heavy atom. The van der Waals surface area contributed by atoms with Crippen LogP contribution >= 0.6 is 27.5 Å². The van der Waals surface area contributed by atoms with Crippen LogP contribution in [0.1, 0.15) is 11.1 Å². The molecule has 0 spiro atoms. The Hall–Kier alpha value is -1.13. The average molecular weight is 347 g/mol. The molecule has 0 radical (unpaired) electrons. The first-order valence-corrected chi connectivity index (χ1v) is 6.79. The smallest absolute Gasteiger partial charge is 0.145 e. The minimum Gasteiger partial charge on any atom is -0.380 e. The quantitative estimate of drug-likeness (QED) is 0.744. The summed E-state index contributed by atoms with van der Waals surface area (Å²) in [4.78, 5) is 0. The van der Waals surface area contributed by atoms with Crippen LogP contribution < -0.4 is 5.32 Å². The minimum atomic E-state index is -0.591. The second-order valence-corrected chi connectivity index (χ2v) is 5.35. The van der Waals surface area contributed by atoms with Gasteiger partial charge in [-0.2, -0.15) is 0 Å². The second-order valence-electron chi connectivity index (χ2n) is 4.09. The molecule has 2 rings (SSSR count). The molecule has 2 aromatic carbocycles. The van der Waals surface area contributed by atoms with Crippen LogP contribution in [0.2, 0.25) is 5.02 Å². The van der Waals surface area contributed by atoms with Gasteiger partial charge in [0.25, 0.3) is 0 Å². The number of benzene rings is 2. The Bertz CT molecular complexity index is 617. The first kappa shape index (κ1) is 14.3. The lowest BCUT2D eigenvalue weighted by Gasteiger charge is -2.12. The first-order valence-electron chi connectivity index (χ1n) is 5.62. The molecule has 0 aliphatic heterocycles. The summed E-state index contributed by atoms with van der Waals surface area (Å²) in [5, 5.41) is 3.60. The topological polar surface area (TPSA) is 12.0 Å². The summed E-state index contributed by atoms with van der Waals surface area (Å²) in [7, 11) is 0. The Kier molecular flexibility index (Phi) is 4.42. The van der Waals surface area contributed by atoms with Crippen molar-refractivity contribution in [3.63, 3.8) is 0 Å². The van der Waals surface area contributed by atoms with Crippen LogP contribution in [0.4, 0.5) is 14.5 Å². The van der Waals surface area contributed by atoms with E-state index in [1.165, 1.54) is 12.1 Å². The molecule has 0 saturated carbocycles. The van der Waals surface area contributed by atoms with Crippen LogP contribution in [0.5, 0.6) is 0 Å². The van der Waals surface area contributed by atoms with Crippen LogP contribution in [0.25, 0.3) is 0 Å². The Morgan fingerprint density at radius 3 is 2.68 bits per heavy atom. The zero-order valence-corrected chi connectivity index (χ0v) is 12.4. The van der Waals surface area contributed by atoms with Crippen LogP contribution in [0.15, 0.2) is 34.8 Å². The van der Waals surface area contributed by atoms with Gasteiger partial charge in [0.15, 0.2) is 0 Å². The highest BCUT2D eigenvalue weighted by Crippen LogP contribution is 2.26. The van der Waals surface area contributed by atoms with Gasteiger partial charge in [0, 0.05) is 22.8 Å². The highest BCUT2D eigenvalue weighted by Gasteiger charge is 2.12. The molecule has 0 unspecified atom stereocenters. The standard InChI is InChI=1S/C14H11BrClF2N/c1-8-11(16)3-2-4-13(8)19-7-9-12(17)6-5-10(15)14(9)18/h2-6,19H,7H2,1H3. The fraction of sp³-hybridized carbons (Fsp3) is 0.143. The zero-order valence-electron chi connectivity index (χ0n) is 10.1. The average Bonchev–Trinajstić information content (AvgIpc) is 2.39. The van der Waals surface area contributed by atoms with Crippen molar-refractivity contribution in [2.45, 2.75) is 13.5 Å². The molecule has 0 aromatic heterocycles. The molecule has 1 nitrogen and oxygen atoms in total. The van der Waals surface area contributed by atoms with E-state index in [9.17, 15) is 8.78 Å². The van der Waals surface area contributed by atoms with E-state index >= 15 is 0 Å². The third-order valence-corrected chi connectivity index (χ3v) is 3.88. The SMILES string of the molecule is Cc1c(Cl)cccc1NCc1c(F)ccc(Br)c1F. The number of nitrogens with one attached hydrogen (secondary N) is 1. The van der Waals surface area contributed by atoms with E-state index < -0.39 is 11.6 Å². The number of hydrogen-bond donors (Lipinski definition) is 1. The maximum absolute atomic E-state index is 13.8. The van der Waals surface area contributed by atoms with Crippen molar-refractivity contribution in [2.24, 2.45) is 0 Å². The van der Waals surface area contributed by atoms with E-state index in [2.05, 4.69) is 21.2 Å². The molecule has 0 amide bonds. The van der Waals surface area contributed by atoms with Gasteiger partial charge in [0.2, 0.25) is 0 Å². The molecule has 0 aliphatic carbocycles. The number of rotatable bonds is 3. The number of anilines is 1. The Labute approximate surface area is 123 Å². The van der Waals surface area contributed by atoms with Gasteiger partial charge in [0.05, 0.1) is 4.47 Å². The molecule has 0 fully saturated rings. The summed E-state index contributed by atoms with van der Waals surface area (Å²) in [5.74, 6) is -1.17. The van der Waals surface area contributed by atoms with Crippen molar-refractivity contribution < 1.29 is 8.78 Å². The molecule has 5 heteroatoms. The van der Waals surface area contributed by atoms with E-state index in [4.69, 9.17) is 11.6 Å². The summed E-state index contributed by atoms with van der Waals surface area (Å²) in [6.07, 6.45) is 0. The second kappa shape index (κ2) is 5.88. The van der Waals surface area contributed by atoms with Crippen LogP contribution in [-0.2, 0) is 6.54 Å². The van der Waals surface area contributed by atoms with Gasteiger partial charge in [-0.15, -0.1) is 0 Å². The maximum atomic E-state index is 13.8. The molecular weight excluding hydrogens is 336 g/mol. The predicted octanol–water partition coefficient (Wildman–Crippen LogP) is 5.30. The van der Waals surface area contributed by atoms with Crippen LogP contribution in [0, 0.1) is 18.6 Å². The molecule has 0 bridgehead atoms. The lowest BCUT2D eigenvalue weighted by molar-refractivity contribution is 0.555. The third kappa shape index (κ3) is 3.07. The molecule has 0 atom stereocenters. The van der Waals surface area contributed by atoms with Crippen molar-refractivity contribution in [2.75, 3.05) is 5.32 Å². The highest BCUT2D eigenvalue weighted by atomic mass is 79.9. The number of halogens is 4. The van der Waals surface area contributed by atoms with Gasteiger partial charge < -0.3 is 5.32 Å². The van der Waals surface area contributed by atoms with Gasteiger partial charge in [-0.25, -0.2) is 8.78 Å². The monoisotopic (exact) mass is 345 g/mol. The lowest BCUT2D eigenvalue weighted by atomic mass is 10.1. The molecule has 0 aliphatic rings. The maximum Gasteiger partial charge on any atom is 0.145 e. The van der Waals surface area contributed by atoms with Crippen molar-refractivity contribution in [1.82, 2.24) is 0 Å². The minimum absolute atomic E-state index is 0.00579. The van der Waals surface area contributed by atoms with Crippen molar-refractivity contribution in [3.05, 3.63) is 62.6 Å². The van der Waals surface area contributed by atoms with Crippen LogP contribution in [-0.4, -0.2) is 0 Å².